The minimum Gasteiger partial charge on any atom is -0.431 e. The molecule has 210 valence electrons. The summed E-state index contributed by atoms with van der Waals surface area (Å²) in [5, 5.41) is 0. The van der Waals surface area contributed by atoms with Gasteiger partial charge in [0.25, 0.3) is 0 Å². The fourth-order valence-electron chi connectivity index (χ4n) is 4.90. The zero-order valence-electron chi connectivity index (χ0n) is 24.2. The summed E-state index contributed by atoms with van der Waals surface area (Å²) in [5.41, 5.74) is 4.54. The van der Waals surface area contributed by atoms with E-state index >= 15 is 0 Å². The van der Waals surface area contributed by atoms with Crippen molar-refractivity contribution in [3.63, 3.8) is 0 Å². The highest BCUT2D eigenvalue weighted by atomic mass is 16.7. The predicted molar refractivity (Wildman–Crippen MR) is 160 cm³/mol. The summed E-state index contributed by atoms with van der Waals surface area (Å²) >= 11 is 0. The van der Waals surface area contributed by atoms with Crippen molar-refractivity contribution in [1.29, 1.82) is 0 Å². The van der Waals surface area contributed by atoms with Crippen LogP contribution in [0.25, 0.3) is 22.5 Å². The Morgan fingerprint density at radius 2 is 1.41 bits per heavy atom. The zero-order chi connectivity index (χ0) is 27.7. The molecule has 3 rings (SSSR count). The summed E-state index contributed by atoms with van der Waals surface area (Å²) in [4.78, 5) is 21.6. The molecule has 0 saturated carbocycles. The molecule has 39 heavy (non-hydrogen) atoms. The van der Waals surface area contributed by atoms with Crippen molar-refractivity contribution >= 4 is 6.16 Å². The molecule has 3 aromatic rings. The van der Waals surface area contributed by atoms with Crippen LogP contribution in [0.5, 0.6) is 5.75 Å². The lowest BCUT2D eigenvalue weighted by Gasteiger charge is -2.15. The molecule has 0 spiro atoms. The standard InChI is InChI=1S/C34H46N2O3/c1-4-6-8-10-11-12-15-22-29-23-18-24-31(28-20-16-13-17-21-28)32(29)33-35-25-30(26-36-33)39-34(37)38-27(3)19-14-9-7-5-2/h13,16-18,20-21,23-27H,4-12,14-15,19,22H2,1-3H3/t27-/m0/s1. The molecule has 0 bridgehead atoms. The number of hydrogen-bond donors (Lipinski definition) is 0. The van der Waals surface area contributed by atoms with Crippen LogP contribution in [0.15, 0.2) is 60.9 Å². The van der Waals surface area contributed by atoms with Crippen molar-refractivity contribution in [3.8, 4) is 28.3 Å². The van der Waals surface area contributed by atoms with E-state index in [9.17, 15) is 4.79 Å². The van der Waals surface area contributed by atoms with E-state index in [2.05, 4.69) is 66.3 Å². The van der Waals surface area contributed by atoms with Crippen molar-refractivity contribution in [2.24, 2.45) is 0 Å². The first-order valence-electron chi connectivity index (χ1n) is 15.0. The van der Waals surface area contributed by atoms with Crippen LogP contribution in [0.4, 0.5) is 4.79 Å². The SMILES string of the molecule is CCCCCCCCCc1cccc(-c2ccccc2)c1-c1ncc(OC(=O)O[C@@H](C)CCCCCC)cn1. The second kappa shape index (κ2) is 17.4. The number of benzene rings is 2. The van der Waals surface area contributed by atoms with Gasteiger partial charge in [0.1, 0.15) is 6.10 Å². The maximum Gasteiger partial charge on any atom is 0.514 e. The molecule has 0 N–H and O–H groups in total. The van der Waals surface area contributed by atoms with Gasteiger partial charge in [0.05, 0.1) is 12.4 Å². The Hall–Kier alpha value is -3.21. The quantitative estimate of drug-likeness (QED) is 0.128. The normalized spacial score (nSPS) is 11.8. The van der Waals surface area contributed by atoms with Gasteiger partial charge in [-0.1, -0.05) is 120 Å². The largest absolute Gasteiger partial charge is 0.514 e. The number of aromatic nitrogens is 2. The molecule has 1 heterocycles. The van der Waals surface area contributed by atoms with E-state index < -0.39 is 6.16 Å². The van der Waals surface area contributed by atoms with E-state index in [-0.39, 0.29) is 11.9 Å². The van der Waals surface area contributed by atoms with Crippen molar-refractivity contribution in [2.45, 2.75) is 110 Å². The lowest BCUT2D eigenvalue weighted by molar-refractivity contribution is 0.0611. The average Bonchev–Trinajstić information content (AvgIpc) is 2.95. The van der Waals surface area contributed by atoms with Gasteiger partial charge in [0.2, 0.25) is 0 Å². The highest BCUT2D eigenvalue weighted by Crippen LogP contribution is 2.34. The average molecular weight is 531 g/mol. The number of rotatable bonds is 17. The topological polar surface area (TPSA) is 61.3 Å². The maximum absolute atomic E-state index is 12.3. The number of ether oxygens (including phenoxy) is 2. The molecule has 0 amide bonds. The fraction of sp³-hybridized carbons (Fsp3) is 0.500. The third kappa shape index (κ3) is 10.5. The lowest BCUT2D eigenvalue weighted by atomic mass is 9.92. The monoisotopic (exact) mass is 530 g/mol. The van der Waals surface area contributed by atoms with E-state index in [0.29, 0.717) is 5.82 Å². The van der Waals surface area contributed by atoms with Gasteiger partial charge in [-0.3, -0.25) is 0 Å². The van der Waals surface area contributed by atoms with Crippen molar-refractivity contribution in [1.82, 2.24) is 9.97 Å². The van der Waals surface area contributed by atoms with E-state index in [1.165, 1.54) is 56.9 Å². The Balaban J connectivity index is 1.69. The number of carbonyl (C=O) groups is 1. The highest BCUT2D eigenvalue weighted by molar-refractivity contribution is 5.83. The van der Waals surface area contributed by atoms with Gasteiger partial charge in [-0.25, -0.2) is 14.8 Å². The fourth-order valence-corrected chi connectivity index (χ4v) is 4.90. The van der Waals surface area contributed by atoms with Gasteiger partial charge in [0.15, 0.2) is 11.6 Å². The maximum atomic E-state index is 12.3. The van der Waals surface area contributed by atoms with Crippen molar-refractivity contribution in [2.75, 3.05) is 0 Å². The summed E-state index contributed by atoms with van der Waals surface area (Å²) < 4.78 is 10.8. The molecule has 1 aromatic heterocycles. The molecule has 0 aliphatic carbocycles. The van der Waals surface area contributed by atoms with Crippen LogP contribution in [0.1, 0.15) is 103 Å². The Bertz CT molecular complexity index is 1100. The van der Waals surface area contributed by atoms with Gasteiger partial charge >= 0.3 is 6.16 Å². The molecule has 0 unspecified atom stereocenters. The second-order valence-electron chi connectivity index (χ2n) is 10.4. The predicted octanol–water partition coefficient (Wildman–Crippen LogP) is 9.98. The Morgan fingerprint density at radius 3 is 2.10 bits per heavy atom. The van der Waals surface area contributed by atoms with Gasteiger partial charge < -0.3 is 9.47 Å². The first-order valence-corrected chi connectivity index (χ1v) is 15.0. The molecule has 0 radical (unpaired) electrons. The summed E-state index contributed by atoms with van der Waals surface area (Å²) in [6, 6.07) is 16.8. The molecule has 2 aromatic carbocycles. The van der Waals surface area contributed by atoms with Crippen LogP contribution >= 0.6 is 0 Å². The summed E-state index contributed by atoms with van der Waals surface area (Å²) in [6.07, 6.45) is 17.5. The zero-order valence-corrected chi connectivity index (χ0v) is 24.2. The third-order valence-electron chi connectivity index (χ3n) is 7.10. The number of nitrogens with zero attached hydrogens (tertiary/aromatic N) is 2. The third-order valence-corrected chi connectivity index (χ3v) is 7.10. The van der Waals surface area contributed by atoms with Crippen LogP contribution in [0, 0.1) is 0 Å². The Morgan fingerprint density at radius 1 is 0.769 bits per heavy atom. The second-order valence-corrected chi connectivity index (χ2v) is 10.4. The summed E-state index contributed by atoms with van der Waals surface area (Å²) in [6.45, 7) is 6.34. The molecule has 5 heteroatoms. The molecule has 1 atom stereocenters. The van der Waals surface area contributed by atoms with Crippen LogP contribution in [0.2, 0.25) is 0 Å². The molecule has 0 aliphatic heterocycles. The summed E-state index contributed by atoms with van der Waals surface area (Å²) in [7, 11) is 0. The van der Waals surface area contributed by atoms with Crippen LogP contribution in [0.3, 0.4) is 0 Å². The number of aryl methyl sites for hydroxylation is 1. The number of hydrogen-bond acceptors (Lipinski definition) is 5. The van der Waals surface area contributed by atoms with E-state index in [4.69, 9.17) is 9.47 Å². The molecule has 0 saturated heterocycles. The van der Waals surface area contributed by atoms with Gasteiger partial charge in [-0.2, -0.15) is 0 Å². The first-order chi connectivity index (χ1) is 19.1. The molecule has 0 fully saturated rings. The smallest absolute Gasteiger partial charge is 0.431 e. The highest BCUT2D eigenvalue weighted by Gasteiger charge is 2.17. The van der Waals surface area contributed by atoms with E-state index in [1.807, 2.05) is 13.0 Å². The van der Waals surface area contributed by atoms with E-state index in [0.717, 1.165) is 48.8 Å². The minimum absolute atomic E-state index is 0.179. The van der Waals surface area contributed by atoms with E-state index in [1.54, 1.807) is 12.4 Å². The molecule has 0 aliphatic rings. The number of carbonyl (C=O) groups excluding carboxylic acids is 1. The van der Waals surface area contributed by atoms with Crippen LogP contribution < -0.4 is 4.74 Å². The lowest BCUT2D eigenvalue weighted by Crippen LogP contribution is -2.18. The Labute approximate surface area is 235 Å². The van der Waals surface area contributed by atoms with Crippen LogP contribution in [-0.4, -0.2) is 22.2 Å². The van der Waals surface area contributed by atoms with Gasteiger partial charge in [-0.05, 0) is 49.3 Å². The first kappa shape index (κ1) is 30.3. The summed E-state index contributed by atoms with van der Waals surface area (Å²) in [5.74, 6) is 0.921. The number of unbranched alkanes of at least 4 members (excludes halogenated alkanes) is 9. The van der Waals surface area contributed by atoms with Crippen molar-refractivity contribution in [3.05, 3.63) is 66.5 Å². The molecular weight excluding hydrogens is 484 g/mol. The van der Waals surface area contributed by atoms with Crippen LogP contribution in [-0.2, 0) is 11.2 Å². The molecule has 5 nitrogen and oxygen atoms in total. The Kier molecular flexibility index (Phi) is 13.5. The van der Waals surface area contributed by atoms with Gasteiger partial charge in [-0.15, -0.1) is 0 Å². The molecular formula is C34H46N2O3. The van der Waals surface area contributed by atoms with Gasteiger partial charge in [0, 0.05) is 5.56 Å². The van der Waals surface area contributed by atoms with Crippen molar-refractivity contribution < 1.29 is 14.3 Å². The minimum atomic E-state index is -0.710.